The molecule has 1 aliphatic carbocycles. The second kappa shape index (κ2) is 5.06. The van der Waals surface area contributed by atoms with E-state index in [1.54, 1.807) is 12.4 Å². The molecule has 2 heterocycles. The molecule has 3 rings (SSSR count). The Morgan fingerprint density at radius 1 is 1.32 bits per heavy atom. The van der Waals surface area contributed by atoms with Crippen LogP contribution in [0.3, 0.4) is 0 Å². The van der Waals surface area contributed by atoms with E-state index in [0.29, 0.717) is 11.6 Å². The summed E-state index contributed by atoms with van der Waals surface area (Å²) in [5, 5.41) is 19.8. The third-order valence-corrected chi connectivity index (χ3v) is 4.59. The Labute approximate surface area is 113 Å². The smallest absolute Gasteiger partial charge is 0.147 e. The van der Waals surface area contributed by atoms with E-state index < -0.39 is 5.60 Å². The first kappa shape index (κ1) is 12.8. The Hall–Kier alpha value is -1.20. The molecule has 0 amide bonds. The fraction of sp³-hybridized carbons (Fsp3) is 0.714. The summed E-state index contributed by atoms with van der Waals surface area (Å²) in [5.74, 6) is 1.16. The van der Waals surface area contributed by atoms with Gasteiger partial charge >= 0.3 is 0 Å². The summed E-state index contributed by atoms with van der Waals surface area (Å²) in [6, 6.07) is 0. The Bertz CT molecular complexity index is 454. The normalized spacial score (nSPS) is 31.1. The van der Waals surface area contributed by atoms with E-state index in [9.17, 15) is 5.11 Å². The van der Waals surface area contributed by atoms with Crippen LogP contribution in [0.15, 0.2) is 12.4 Å². The van der Waals surface area contributed by atoms with Crippen molar-refractivity contribution in [2.24, 2.45) is 5.92 Å². The number of hydrogen-bond acceptors (Lipinski definition) is 5. The maximum absolute atomic E-state index is 10.7. The number of fused-ring (bicyclic) bond motifs is 1. The summed E-state index contributed by atoms with van der Waals surface area (Å²) in [6.45, 7) is 1.58. The molecule has 1 saturated carbocycles. The van der Waals surface area contributed by atoms with Gasteiger partial charge < -0.3 is 15.1 Å². The topological polar surface area (TPSA) is 69.5 Å². The molecular formula is C14H21N3O2. The highest BCUT2D eigenvalue weighted by Crippen LogP contribution is 2.40. The van der Waals surface area contributed by atoms with Crippen molar-refractivity contribution in [1.29, 1.82) is 0 Å². The summed E-state index contributed by atoms with van der Waals surface area (Å²) < 4.78 is 0. The van der Waals surface area contributed by atoms with E-state index in [0.717, 1.165) is 44.6 Å². The maximum Gasteiger partial charge on any atom is 0.147 e. The zero-order chi connectivity index (χ0) is 13.3. The zero-order valence-corrected chi connectivity index (χ0v) is 11.1. The number of hydrogen-bond donors (Lipinski definition) is 2. The van der Waals surface area contributed by atoms with E-state index in [1.165, 1.54) is 6.42 Å². The monoisotopic (exact) mass is 263 g/mol. The predicted molar refractivity (Wildman–Crippen MR) is 71.7 cm³/mol. The van der Waals surface area contributed by atoms with Crippen LogP contribution in [-0.4, -0.2) is 38.9 Å². The standard InChI is InChI=1S/C14H21N3O2/c18-10-12-7-15-8-13(16-12)17-6-5-14(19)4-2-1-3-11(14)9-17/h7-8,11,18-19H,1-6,9-10H2. The van der Waals surface area contributed by atoms with Gasteiger partial charge in [0.2, 0.25) is 0 Å². The van der Waals surface area contributed by atoms with Gasteiger partial charge in [0.25, 0.3) is 0 Å². The minimum absolute atomic E-state index is 0.0813. The summed E-state index contributed by atoms with van der Waals surface area (Å²) >= 11 is 0. The van der Waals surface area contributed by atoms with E-state index in [1.807, 2.05) is 0 Å². The molecule has 0 aromatic carbocycles. The summed E-state index contributed by atoms with van der Waals surface area (Å²) in [4.78, 5) is 10.7. The molecule has 104 valence electrons. The number of nitrogens with zero attached hydrogens (tertiary/aromatic N) is 3. The second-order valence-corrected chi connectivity index (χ2v) is 5.77. The minimum atomic E-state index is -0.462. The zero-order valence-electron chi connectivity index (χ0n) is 11.1. The van der Waals surface area contributed by atoms with Crippen LogP contribution >= 0.6 is 0 Å². The third kappa shape index (κ3) is 2.44. The molecule has 2 N–H and O–H groups in total. The van der Waals surface area contributed by atoms with Gasteiger partial charge in [-0.3, -0.25) is 4.98 Å². The third-order valence-electron chi connectivity index (χ3n) is 4.59. The fourth-order valence-electron chi connectivity index (χ4n) is 3.40. The van der Waals surface area contributed by atoms with Gasteiger partial charge in [0.05, 0.1) is 30.3 Å². The van der Waals surface area contributed by atoms with Gasteiger partial charge in [0, 0.05) is 19.0 Å². The molecule has 19 heavy (non-hydrogen) atoms. The highest BCUT2D eigenvalue weighted by molar-refractivity contribution is 5.37. The van der Waals surface area contributed by atoms with Crippen LogP contribution in [0.5, 0.6) is 0 Å². The first-order valence-corrected chi connectivity index (χ1v) is 7.10. The molecule has 0 spiro atoms. The van der Waals surface area contributed by atoms with Gasteiger partial charge in [-0.1, -0.05) is 12.8 Å². The van der Waals surface area contributed by atoms with Gasteiger partial charge in [0.1, 0.15) is 5.82 Å². The van der Waals surface area contributed by atoms with Crippen molar-refractivity contribution in [1.82, 2.24) is 9.97 Å². The molecule has 0 bridgehead atoms. The Morgan fingerprint density at radius 2 is 2.21 bits per heavy atom. The Balaban J connectivity index is 1.76. The quantitative estimate of drug-likeness (QED) is 0.836. The molecule has 2 atom stereocenters. The van der Waals surface area contributed by atoms with E-state index in [2.05, 4.69) is 14.9 Å². The van der Waals surface area contributed by atoms with Crippen molar-refractivity contribution in [3.8, 4) is 0 Å². The molecule has 2 fully saturated rings. The van der Waals surface area contributed by atoms with Crippen molar-refractivity contribution in [3.63, 3.8) is 0 Å². The molecular weight excluding hydrogens is 242 g/mol. The van der Waals surface area contributed by atoms with Crippen LogP contribution in [0.25, 0.3) is 0 Å². The van der Waals surface area contributed by atoms with Crippen molar-refractivity contribution < 1.29 is 10.2 Å². The van der Waals surface area contributed by atoms with Crippen LogP contribution in [0.4, 0.5) is 5.82 Å². The van der Waals surface area contributed by atoms with Crippen LogP contribution in [0.1, 0.15) is 37.8 Å². The summed E-state index contributed by atoms with van der Waals surface area (Å²) in [5.41, 5.74) is 0.138. The van der Waals surface area contributed by atoms with Gasteiger partial charge in [-0.15, -0.1) is 0 Å². The lowest BCUT2D eigenvalue weighted by atomic mass is 9.71. The van der Waals surface area contributed by atoms with Gasteiger partial charge in [-0.25, -0.2) is 4.98 Å². The van der Waals surface area contributed by atoms with E-state index in [4.69, 9.17) is 5.11 Å². The van der Waals surface area contributed by atoms with Crippen LogP contribution < -0.4 is 4.90 Å². The minimum Gasteiger partial charge on any atom is -0.390 e. The van der Waals surface area contributed by atoms with E-state index in [-0.39, 0.29) is 6.61 Å². The molecule has 2 unspecified atom stereocenters. The lowest BCUT2D eigenvalue weighted by Crippen LogP contribution is -2.53. The lowest BCUT2D eigenvalue weighted by Gasteiger charge is -2.47. The molecule has 1 saturated heterocycles. The van der Waals surface area contributed by atoms with Gasteiger partial charge in [-0.2, -0.15) is 0 Å². The number of anilines is 1. The Kier molecular flexibility index (Phi) is 3.41. The maximum atomic E-state index is 10.7. The van der Waals surface area contributed by atoms with Crippen molar-refractivity contribution in [2.75, 3.05) is 18.0 Å². The number of aliphatic hydroxyl groups is 2. The average molecular weight is 263 g/mol. The molecule has 0 radical (unpaired) electrons. The van der Waals surface area contributed by atoms with Gasteiger partial charge in [0.15, 0.2) is 0 Å². The molecule has 1 aromatic rings. The molecule has 1 aromatic heterocycles. The predicted octanol–water partition coefficient (Wildman–Crippen LogP) is 1.10. The fourth-order valence-corrected chi connectivity index (χ4v) is 3.40. The van der Waals surface area contributed by atoms with Crippen LogP contribution in [0.2, 0.25) is 0 Å². The highest BCUT2D eigenvalue weighted by atomic mass is 16.3. The first-order valence-electron chi connectivity index (χ1n) is 7.10. The van der Waals surface area contributed by atoms with Crippen LogP contribution in [0, 0.1) is 5.92 Å². The number of aromatic nitrogens is 2. The first-order chi connectivity index (χ1) is 9.21. The van der Waals surface area contributed by atoms with Crippen LogP contribution in [-0.2, 0) is 6.61 Å². The summed E-state index contributed by atoms with van der Waals surface area (Å²) in [7, 11) is 0. The largest absolute Gasteiger partial charge is 0.390 e. The van der Waals surface area contributed by atoms with Gasteiger partial charge in [-0.05, 0) is 19.3 Å². The number of aliphatic hydroxyl groups excluding tert-OH is 1. The summed E-state index contributed by atoms with van der Waals surface area (Å²) in [6.07, 6.45) is 8.53. The second-order valence-electron chi connectivity index (χ2n) is 5.77. The van der Waals surface area contributed by atoms with E-state index >= 15 is 0 Å². The average Bonchev–Trinajstić information content (AvgIpc) is 2.46. The highest BCUT2D eigenvalue weighted by Gasteiger charge is 2.42. The number of piperidine rings is 1. The number of rotatable bonds is 2. The SMILES string of the molecule is OCc1cncc(N2CCC3(O)CCCCC3C2)n1. The van der Waals surface area contributed by atoms with Crippen molar-refractivity contribution in [3.05, 3.63) is 18.1 Å². The Morgan fingerprint density at radius 3 is 3.05 bits per heavy atom. The molecule has 5 heteroatoms. The molecule has 2 aliphatic rings. The van der Waals surface area contributed by atoms with Crippen molar-refractivity contribution >= 4 is 5.82 Å². The molecule has 5 nitrogen and oxygen atoms in total. The lowest BCUT2D eigenvalue weighted by molar-refractivity contribution is -0.0613. The molecule has 1 aliphatic heterocycles. The van der Waals surface area contributed by atoms with Crippen molar-refractivity contribution in [2.45, 2.75) is 44.3 Å².